The number of nitrogens with one attached hydrogen (secondary N) is 1. The van der Waals surface area contributed by atoms with Crippen molar-refractivity contribution in [1.29, 1.82) is 0 Å². The molecule has 1 saturated carbocycles. The molecule has 92 valence electrons. The van der Waals surface area contributed by atoms with Crippen LogP contribution in [0.2, 0.25) is 0 Å². The number of amides is 1. The van der Waals surface area contributed by atoms with Crippen LogP contribution in [-0.4, -0.2) is 49.2 Å². The van der Waals surface area contributed by atoms with Gasteiger partial charge in [0.2, 0.25) is 0 Å². The van der Waals surface area contributed by atoms with Crippen molar-refractivity contribution in [3.05, 3.63) is 0 Å². The fraction of sp³-hybridized carbons (Fsp3) is 0.917. The minimum absolute atomic E-state index is 0.0611. The summed E-state index contributed by atoms with van der Waals surface area (Å²) in [6.07, 6.45) is 4.72. The lowest BCUT2D eigenvalue weighted by Crippen LogP contribution is -2.58. The Morgan fingerprint density at radius 1 is 1.44 bits per heavy atom. The molecular formula is C12H22N2O2. The molecule has 0 aromatic rings. The Hall–Kier alpha value is -0.610. The van der Waals surface area contributed by atoms with Crippen LogP contribution in [0.1, 0.15) is 32.6 Å². The fourth-order valence-electron chi connectivity index (χ4n) is 2.61. The maximum Gasteiger partial charge on any atom is 0.253 e. The largest absolute Gasteiger partial charge is 0.363 e. The van der Waals surface area contributed by atoms with Gasteiger partial charge in [0, 0.05) is 19.1 Å². The number of nitrogens with zero attached hydrogens (tertiary/aromatic N) is 1. The lowest BCUT2D eigenvalue weighted by Gasteiger charge is -2.38. The molecule has 0 aromatic carbocycles. The molecule has 1 N–H and O–H groups in total. The lowest BCUT2D eigenvalue weighted by molar-refractivity contribution is -0.155. The van der Waals surface area contributed by atoms with Gasteiger partial charge >= 0.3 is 0 Å². The Morgan fingerprint density at radius 3 is 2.75 bits per heavy atom. The van der Waals surface area contributed by atoms with E-state index in [0.717, 1.165) is 19.4 Å². The highest BCUT2D eigenvalue weighted by Gasteiger charge is 2.39. The van der Waals surface area contributed by atoms with Gasteiger partial charge in [-0.3, -0.25) is 4.79 Å². The maximum atomic E-state index is 12.2. The van der Waals surface area contributed by atoms with Crippen molar-refractivity contribution in [3.8, 4) is 0 Å². The van der Waals surface area contributed by atoms with Crippen LogP contribution < -0.4 is 5.32 Å². The van der Waals surface area contributed by atoms with Crippen LogP contribution in [0.3, 0.4) is 0 Å². The zero-order valence-electron chi connectivity index (χ0n) is 10.3. The SMILES string of the molecule is CN1CCOC(C)(C(=O)NC2CCCC2)C1. The lowest BCUT2D eigenvalue weighted by atomic mass is 10.0. The monoisotopic (exact) mass is 226 g/mol. The van der Waals surface area contributed by atoms with E-state index in [4.69, 9.17) is 4.74 Å². The molecule has 1 aliphatic heterocycles. The molecule has 1 atom stereocenters. The van der Waals surface area contributed by atoms with Gasteiger partial charge in [0.25, 0.3) is 5.91 Å². The summed E-state index contributed by atoms with van der Waals surface area (Å²) < 4.78 is 5.65. The van der Waals surface area contributed by atoms with E-state index in [9.17, 15) is 4.79 Å². The van der Waals surface area contributed by atoms with E-state index in [0.29, 0.717) is 19.2 Å². The van der Waals surface area contributed by atoms with Crippen molar-refractivity contribution >= 4 is 5.91 Å². The van der Waals surface area contributed by atoms with E-state index in [2.05, 4.69) is 10.2 Å². The van der Waals surface area contributed by atoms with Gasteiger partial charge in [-0.2, -0.15) is 0 Å². The van der Waals surface area contributed by atoms with E-state index < -0.39 is 5.60 Å². The number of morpholine rings is 1. The topological polar surface area (TPSA) is 41.6 Å². The molecular weight excluding hydrogens is 204 g/mol. The van der Waals surface area contributed by atoms with E-state index in [1.54, 1.807) is 0 Å². The number of hydrogen-bond acceptors (Lipinski definition) is 3. The first-order chi connectivity index (χ1) is 7.60. The summed E-state index contributed by atoms with van der Waals surface area (Å²) in [6, 6.07) is 0.375. The summed E-state index contributed by atoms with van der Waals surface area (Å²) in [6.45, 7) is 4.13. The van der Waals surface area contributed by atoms with Crippen LogP contribution >= 0.6 is 0 Å². The van der Waals surface area contributed by atoms with Gasteiger partial charge in [0.05, 0.1) is 6.61 Å². The molecule has 0 radical (unpaired) electrons. The van der Waals surface area contributed by atoms with Gasteiger partial charge in [-0.1, -0.05) is 12.8 Å². The Morgan fingerprint density at radius 2 is 2.12 bits per heavy atom. The van der Waals surface area contributed by atoms with Crippen molar-refractivity contribution in [2.75, 3.05) is 26.7 Å². The summed E-state index contributed by atoms with van der Waals surface area (Å²) >= 11 is 0. The molecule has 1 saturated heterocycles. The van der Waals surface area contributed by atoms with E-state index in [-0.39, 0.29) is 5.91 Å². The predicted molar refractivity (Wildman–Crippen MR) is 62.3 cm³/mol. The smallest absolute Gasteiger partial charge is 0.253 e. The van der Waals surface area contributed by atoms with Crippen LogP contribution in [0.5, 0.6) is 0 Å². The number of carbonyl (C=O) groups is 1. The number of carbonyl (C=O) groups excluding carboxylic acids is 1. The molecule has 1 heterocycles. The molecule has 4 heteroatoms. The Bertz CT molecular complexity index is 264. The number of hydrogen-bond donors (Lipinski definition) is 1. The molecule has 1 amide bonds. The number of ether oxygens (including phenoxy) is 1. The van der Waals surface area contributed by atoms with Gasteiger partial charge in [-0.05, 0) is 26.8 Å². The van der Waals surface area contributed by atoms with Crippen molar-refractivity contribution < 1.29 is 9.53 Å². The van der Waals surface area contributed by atoms with Crippen LogP contribution in [0.15, 0.2) is 0 Å². The third-order valence-corrected chi connectivity index (χ3v) is 3.64. The molecule has 2 fully saturated rings. The average Bonchev–Trinajstić information content (AvgIpc) is 2.70. The quantitative estimate of drug-likeness (QED) is 0.756. The second-order valence-electron chi connectivity index (χ2n) is 5.27. The third-order valence-electron chi connectivity index (χ3n) is 3.64. The fourth-order valence-corrected chi connectivity index (χ4v) is 2.61. The molecule has 0 bridgehead atoms. The Labute approximate surface area is 97.3 Å². The molecule has 1 aliphatic carbocycles. The molecule has 4 nitrogen and oxygen atoms in total. The zero-order valence-corrected chi connectivity index (χ0v) is 10.3. The standard InChI is InChI=1S/C12H22N2O2/c1-12(9-14(2)7-8-16-12)11(15)13-10-5-3-4-6-10/h10H,3-9H2,1-2H3,(H,13,15). The van der Waals surface area contributed by atoms with Crippen LogP contribution in [0.4, 0.5) is 0 Å². The summed E-state index contributed by atoms with van der Waals surface area (Å²) in [7, 11) is 2.03. The van der Waals surface area contributed by atoms with Crippen LogP contribution in [0.25, 0.3) is 0 Å². The first kappa shape index (κ1) is 11.9. The van der Waals surface area contributed by atoms with Gasteiger partial charge in [-0.15, -0.1) is 0 Å². The molecule has 2 aliphatic rings. The van der Waals surface area contributed by atoms with Crippen molar-refractivity contribution in [3.63, 3.8) is 0 Å². The minimum Gasteiger partial charge on any atom is -0.363 e. The molecule has 0 aromatic heterocycles. The minimum atomic E-state index is -0.657. The molecule has 2 rings (SSSR count). The molecule has 1 unspecified atom stereocenters. The molecule has 0 spiro atoms. The van der Waals surface area contributed by atoms with Crippen LogP contribution in [-0.2, 0) is 9.53 Å². The third kappa shape index (κ3) is 2.55. The highest BCUT2D eigenvalue weighted by atomic mass is 16.5. The summed E-state index contributed by atoms with van der Waals surface area (Å²) in [4.78, 5) is 14.3. The summed E-state index contributed by atoms with van der Waals surface area (Å²) in [5.41, 5.74) is -0.657. The van der Waals surface area contributed by atoms with E-state index >= 15 is 0 Å². The first-order valence-corrected chi connectivity index (χ1v) is 6.24. The number of rotatable bonds is 2. The first-order valence-electron chi connectivity index (χ1n) is 6.24. The Balaban J connectivity index is 1.91. The van der Waals surface area contributed by atoms with Gasteiger partial charge < -0.3 is 15.0 Å². The summed E-state index contributed by atoms with van der Waals surface area (Å²) in [5.74, 6) is 0.0611. The average molecular weight is 226 g/mol. The molecule has 16 heavy (non-hydrogen) atoms. The van der Waals surface area contributed by atoms with E-state index in [1.807, 2.05) is 14.0 Å². The van der Waals surface area contributed by atoms with Crippen molar-refractivity contribution in [2.24, 2.45) is 0 Å². The second-order valence-corrected chi connectivity index (χ2v) is 5.27. The normalized spacial score (nSPS) is 32.9. The zero-order chi connectivity index (χ0) is 11.6. The van der Waals surface area contributed by atoms with Crippen molar-refractivity contribution in [2.45, 2.75) is 44.2 Å². The van der Waals surface area contributed by atoms with E-state index in [1.165, 1.54) is 12.8 Å². The van der Waals surface area contributed by atoms with Gasteiger partial charge in [0.15, 0.2) is 5.60 Å². The Kier molecular flexibility index (Phi) is 3.50. The predicted octanol–water partition coefficient (Wildman–Crippen LogP) is 0.766. The van der Waals surface area contributed by atoms with Gasteiger partial charge in [0.1, 0.15) is 0 Å². The van der Waals surface area contributed by atoms with Crippen LogP contribution in [0, 0.1) is 0 Å². The highest BCUT2D eigenvalue weighted by molar-refractivity contribution is 5.85. The maximum absolute atomic E-state index is 12.2. The van der Waals surface area contributed by atoms with Crippen molar-refractivity contribution in [1.82, 2.24) is 10.2 Å². The highest BCUT2D eigenvalue weighted by Crippen LogP contribution is 2.21. The van der Waals surface area contributed by atoms with Gasteiger partial charge in [-0.25, -0.2) is 0 Å². The summed E-state index contributed by atoms with van der Waals surface area (Å²) in [5, 5.41) is 3.12. The number of likely N-dealkylation sites (N-methyl/N-ethyl adjacent to an activating group) is 1. The second kappa shape index (κ2) is 4.72.